The number of likely N-dealkylation sites (N-methyl/N-ethyl adjacent to an activating group) is 1. The fraction of sp³-hybridized carbons (Fsp3) is 0.667. The standard InChI is InChI=1S/C18H26N4O2S/c1-19-13-17(23)22-9-8-21(12-16(22)18(19)24)11-15-5-4-14(25-15)10-20-6-2-3-7-20/h4-5,16H,2-3,6-13H2,1H3/t16-/m0/s1. The second-order valence-corrected chi connectivity index (χ2v) is 8.64. The number of hydrogen-bond acceptors (Lipinski definition) is 5. The van der Waals surface area contributed by atoms with E-state index in [-0.39, 0.29) is 24.4 Å². The average Bonchev–Trinajstić information content (AvgIpc) is 3.25. The van der Waals surface area contributed by atoms with Gasteiger partial charge >= 0.3 is 0 Å². The van der Waals surface area contributed by atoms with E-state index in [1.54, 1.807) is 16.8 Å². The smallest absolute Gasteiger partial charge is 0.246 e. The number of piperazine rings is 2. The van der Waals surface area contributed by atoms with Gasteiger partial charge in [-0.15, -0.1) is 11.3 Å². The molecule has 136 valence electrons. The Balaban J connectivity index is 1.36. The summed E-state index contributed by atoms with van der Waals surface area (Å²) in [5.74, 6) is 0.154. The summed E-state index contributed by atoms with van der Waals surface area (Å²) in [5.41, 5.74) is 0. The zero-order valence-corrected chi connectivity index (χ0v) is 15.6. The maximum absolute atomic E-state index is 12.4. The molecular weight excluding hydrogens is 336 g/mol. The lowest BCUT2D eigenvalue weighted by Crippen LogP contribution is -2.65. The number of carbonyl (C=O) groups excluding carboxylic acids is 2. The zero-order valence-electron chi connectivity index (χ0n) is 14.8. The van der Waals surface area contributed by atoms with Gasteiger partial charge in [-0.1, -0.05) is 0 Å². The van der Waals surface area contributed by atoms with Gasteiger partial charge in [0.25, 0.3) is 0 Å². The number of rotatable bonds is 4. The monoisotopic (exact) mass is 362 g/mol. The molecule has 0 radical (unpaired) electrons. The van der Waals surface area contributed by atoms with E-state index in [0.717, 1.165) is 19.6 Å². The van der Waals surface area contributed by atoms with Crippen molar-refractivity contribution in [2.24, 2.45) is 0 Å². The minimum atomic E-state index is -0.302. The van der Waals surface area contributed by atoms with Gasteiger partial charge in [-0.05, 0) is 38.1 Å². The molecule has 2 amide bonds. The number of amides is 2. The molecule has 6 nitrogen and oxygen atoms in total. The molecule has 25 heavy (non-hydrogen) atoms. The molecule has 0 N–H and O–H groups in total. The third kappa shape index (κ3) is 3.59. The molecule has 3 aliphatic heterocycles. The van der Waals surface area contributed by atoms with Crippen LogP contribution in [0.15, 0.2) is 12.1 Å². The van der Waals surface area contributed by atoms with E-state index in [2.05, 4.69) is 21.9 Å². The molecule has 1 aromatic rings. The van der Waals surface area contributed by atoms with Crippen molar-refractivity contribution in [3.63, 3.8) is 0 Å². The Kier molecular flexibility index (Phi) is 4.80. The highest BCUT2D eigenvalue weighted by Crippen LogP contribution is 2.24. The minimum Gasteiger partial charge on any atom is -0.335 e. The van der Waals surface area contributed by atoms with Gasteiger partial charge in [-0.25, -0.2) is 0 Å². The second kappa shape index (κ2) is 7.05. The summed E-state index contributed by atoms with van der Waals surface area (Å²) in [6.45, 7) is 6.77. The van der Waals surface area contributed by atoms with E-state index in [1.165, 1.54) is 35.7 Å². The molecule has 0 aliphatic carbocycles. The molecule has 4 rings (SSSR count). The van der Waals surface area contributed by atoms with Crippen LogP contribution in [-0.2, 0) is 22.7 Å². The minimum absolute atomic E-state index is 0.0743. The molecule has 3 saturated heterocycles. The summed E-state index contributed by atoms with van der Waals surface area (Å²) in [6.07, 6.45) is 2.65. The van der Waals surface area contributed by atoms with Crippen molar-refractivity contribution < 1.29 is 9.59 Å². The second-order valence-electron chi connectivity index (χ2n) is 7.38. The normalized spacial score (nSPS) is 25.7. The first-order valence-electron chi connectivity index (χ1n) is 9.17. The van der Waals surface area contributed by atoms with Crippen LogP contribution in [0.4, 0.5) is 0 Å². The maximum Gasteiger partial charge on any atom is 0.246 e. The predicted molar refractivity (Wildman–Crippen MR) is 97.2 cm³/mol. The van der Waals surface area contributed by atoms with Crippen LogP contribution in [0.3, 0.4) is 0 Å². The van der Waals surface area contributed by atoms with Crippen molar-refractivity contribution in [3.8, 4) is 0 Å². The van der Waals surface area contributed by atoms with E-state index >= 15 is 0 Å². The lowest BCUT2D eigenvalue weighted by atomic mass is 10.1. The van der Waals surface area contributed by atoms with Crippen LogP contribution in [0, 0.1) is 0 Å². The fourth-order valence-corrected chi connectivity index (χ4v) is 5.20. The van der Waals surface area contributed by atoms with Gasteiger partial charge < -0.3 is 9.80 Å². The van der Waals surface area contributed by atoms with Crippen molar-refractivity contribution in [1.29, 1.82) is 0 Å². The number of hydrogen-bond donors (Lipinski definition) is 0. The van der Waals surface area contributed by atoms with Crippen LogP contribution in [0.2, 0.25) is 0 Å². The van der Waals surface area contributed by atoms with Crippen molar-refractivity contribution in [2.45, 2.75) is 32.0 Å². The molecule has 0 bridgehead atoms. The molecule has 0 aromatic carbocycles. The predicted octanol–water partition coefficient (Wildman–Crippen LogP) is 0.829. The Bertz CT molecular complexity index is 655. The van der Waals surface area contributed by atoms with Gasteiger partial charge in [0.15, 0.2) is 0 Å². The Morgan fingerprint density at radius 3 is 2.40 bits per heavy atom. The Morgan fingerprint density at radius 1 is 1.00 bits per heavy atom. The van der Waals surface area contributed by atoms with Crippen molar-refractivity contribution >= 4 is 23.2 Å². The van der Waals surface area contributed by atoms with Gasteiger partial charge in [-0.2, -0.15) is 0 Å². The molecule has 0 saturated carbocycles. The molecule has 1 atom stereocenters. The van der Waals surface area contributed by atoms with Gasteiger partial charge in [0, 0.05) is 49.5 Å². The van der Waals surface area contributed by atoms with Crippen LogP contribution in [0.25, 0.3) is 0 Å². The quantitative estimate of drug-likeness (QED) is 0.796. The SMILES string of the molecule is CN1CC(=O)N2CCN(Cc3ccc(CN4CCCC4)s3)C[C@H]2C1=O. The molecule has 3 aliphatic rings. The Morgan fingerprint density at radius 2 is 1.68 bits per heavy atom. The Labute approximate surface area is 153 Å². The van der Waals surface area contributed by atoms with E-state index in [9.17, 15) is 9.59 Å². The van der Waals surface area contributed by atoms with Crippen LogP contribution in [0.5, 0.6) is 0 Å². The first kappa shape index (κ1) is 17.0. The van der Waals surface area contributed by atoms with E-state index in [4.69, 9.17) is 0 Å². The first-order chi connectivity index (χ1) is 12.1. The summed E-state index contributed by atoms with van der Waals surface area (Å²) >= 11 is 1.89. The first-order valence-corrected chi connectivity index (χ1v) is 9.98. The van der Waals surface area contributed by atoms with Crippen molar-refractivity contribution in [2.75, 3.05) is 46.3 Å². The highest BCUT2D eigenvalue weighted by atomic mass is 32.1. The number of nitrogens with zero attached hydrogens (tertiary/aromatic N) is 4. The summed E-state index contributed by atoms with van der Waals surface area (Å²) in [7, 11) is 1.72. The van der Waals surface area contributed by atoms with Gasteiger partial charge in [0.1, 0.15) is 6.04 Å². The van der Waals surface area contributed by atoms with Gasteiger partial charge in [0.2, 0.25) is 11.8 Å². The lowest BCUT2D eigenvalue weighted by molar-refractivity contribution is -0.158. The average molecular weight is 362 g/mol. The molecule has 7 heteroatoms. The fourth-order valence-electron chi connectivity index (χ4n) is 4.09. The van der Waals surface area contributed by atoms with Crippen LogP contribution < -0.4 is 0 Å². The number of carbonyl (C=O) groups is 2. The molecule has 1 aromatic heterocycles. The number of fused-ring (bicyclic) bond motifs is 1. The molecular formula is C18H26N4O2S. The molecule has 0 spiro atoms. The summed E-state index contributed by atoms with van der Waals surface area (Å²) in [4.78, 5) is 35.5. The van der Waals surface area contributed by atoms with Gasteiger partial charge in [0.05, 0.1) is 6.54 Å². The number of thiophene rings is 1. The van der Waals surface area contributed by atoms with E-state index < -0.39 is 0 Å². The molecule has 0 unspecified atom stereocenters. The molecule has 3 fully saturated rings. The number of likely N-dealkylation sites (tertiary alicyclic amines) is 1. The molecule has 4 heterocycles. The highest BCUT2D eigenvalue weighted by Gasteiger charge is 2.41. The topological polar surface area (TPSA) is 47.1 Å². The summed E-state index contributed by atoms with van der Waals surface area (Å²) in [5, 5.41) is 0. The zero-order chi connectivity index (χ0) is 17.4. The lowest BCUT2D eigenvalue weighted by Gasteiger charge is -2.45. The van der Waals surface area contributed by atoms with Crippen LogP contribution in [0.1, 0.15) is 22.6 Å². The van der Waals surface area contributed by atoms with E-state index in [1.807, 2.05) is 11.3 Å². The van der Waals surface area contributed by atoms with Crippen LogP contribution >= 0.6 is 11.3 Å². The van der Waals surface area contributed by atoms with Crippen molar-refractivity contribution in [3.05, 3.63) is 21.9 Å². The summed E-state index contributed by atoms with van der Waals surface area (Å²) < 4.78 is 0. The highest BCUT2D eigenvalue weighted by molar-refractivity contribution is 7.11. The largest absolute Gasteiger partial charge is 0.335 e. The third-order valence-electron chi connectivity index (χ3n) is 5.49. The van der Waals surface area contributed by atoms with Gasteiger partial charge in [-0.3, -0.25) is 19.4 Å². The van der Waals surface area contributed by atoms with Crippen LogP contribution in [-0.4, -0.2) is 83.8 Å². The maximum atomic E-state index is 12.4. The third-order valence-corrected chi connectivity index (χ3v) is 6.55. The van der Waals surface area contributed by atoms with Crippen molar-refractivity contribution in [1.82, 2.24) is 19.6 Å². The van der Waals surface area contributed by atoms with E-state index in [0.29, 0.717) is 13.1 Å². The Hall–Kier alpha value is -1.44. The summed E-state index contributed by atoms with van der Waals surface area (Å²) in [6, 6.07) is 4.17.